The lowest BCUT2D eigenvalue weighted by atomic mass is 9.89. The number of ether oxygens (including phenoxy) is 2. The van der Waals surface area contributed by atoms with Gasteiger partial charge in [-0.2, -0.15) is 0 Å². The van der Waals surface area contributed by atoms with Gasteiger partial charge in [0.05, 0.1) is 42.0 Å². The summed E-state index contributed by atoms with van der Waals surface area (Å²) in [6.07, 6.45) is 6.13. The molecule has 0 saturated carbocycles. The summed E-state index contributed by atoms with van der Waals surface area (Å²) >= 11 is 0. The van der Waals surface area contributed by atoms with Crippen molar-refractivity contribution in [2.45, 2.75) is 121 Å². The van der Waals surface area contributed by atoms with Crippen LogP contribution in [0.15, 0.2) is 36.0 Å². The van der Waals surface area contributed by atoms with Gasteiger partial charge in [0.1, 0.15) is 12.2 Å². The van der Waals surface area contributed by atoms with Crippen molar-refractivity contribution < 1.29 is 39.8 Å². The van der Waals surface area contributed by atoms with Gasteiger partial charge >= 0.3 is 5.97 Å². The molecule has 206 valence electrons. The number of aliphatic hydroxyl groups is 5. The van der Waals surface area contributed by atoms with Gasteiger partial charge in [-0.3, -0.25) is 4.79 Å². The van der Waals surface area contributed by atoms with E-state index in [2.05, 4.69) is 0 Å². The fourth-order valence-electron chi connectivity index (χ4n) is 4.65. The predicted octanol–water partition coefficient (Wildman–Crippen LogP) is 2.57. The molecule has 0 amide bonds. The number of hydrogen-bond donors (Lipinski definition) is 5. The minimum atomic E-state index is -1.42. The molecule has 0 aliphatic carbocycles. The van der Waals surface area contributed by atoms with Gasteiger partial charge in [-0.05, 0) is 45.6 Å². The summed E-state index contributed by atoms with van der Waals surface area (Å²) in [4.78, 5) is 12.5. The highest BCUT2D eigenvalue weighted by atomic mass is 16.6. The maximum Gasteiger partial charge on any atom is 0.309 e. The van der Waals surface area contributed by atoms with Crippen LogP contribution in [-0.2, 0) is 14.3 Å². The first kappa shape index (κ1) is 30.7. The highest BCUT2D eigenvalue weighted by Gasteiger charge is 2.47. The predicted molar refractivity (Wildman–Crippen MR) is 137 cm³/mol. The van der Waals surface area contributed by atoms with E-state index in [4.69, 9.17) is 9.47 Å². The fraction of sp³-hybridized carbons (Fsp3) is 0.750. The van der Waals surface area contributed by atoms with Crippen LogP contribution >= 0.6 is 0 Å². The summed E-state index contributed by atoms with van der Waals surface area (Å²) in [7, 11) is 0. The third kappa shape index (κ3) is 9.08. The Morgan fingerprint density at radius 1 is 1.33 bits per heavy atom. The largest absolute Gasteiger partial charge is 0.457 e. The van der Waals surface area contributed by atoms with Crippen LogP contribution < -0.4 is 0 Å². The summed E-state index contributed by atoms with van der Waals surface area (Å²) in [5.41, 5.74) is -1.83. The first-order chi connectivity index (χ1) is 16.7. The topological polar surface area (TPSA) is 140 Å². The molecule has 36 heavy (non-hydrogen) atoms. The number of hydrogen-bond acceptors (Lipinski definition) is 8. The lowest BCUT2D eigenvalue weighted by Gasteiger charge is -2.30. The molecule has 0 spiro atoms. The third-order valence-electron chi connectivity index (χ3n) is 7.40. The zero-order chi connectivity index (χ0) is 27.3. The van der Waals surface area contributed by atoms with E-state index in [0.717, 1.165) is 5.57 Å². The average Bonchev–Trinajstić information content (AvgIpc) is 3.55. The Hall–Kier alpha value is -1.55. The Kier molecular flexibility index (Phi) is 10.9. The quantitative estimate of drug-likeness (QED) is 0.145. The van der Waals surface area contributed by atoms with Gasteiger partial charge in [-0.15, -0.1) is 0 Å². The highest BCUT2D eigenvalue weighted by molar-refractivity contribution is 5.70. The van der Waals surface area contributed by atoms with Crippen LogP contribution in [0.2, 0.25) is 0 Å². The minimum Gasteiger partial charge on any atom is -0.457 e. The number of esters is 1. The van der Waals surface area contributed by atoms with Crippen LogP contribution in [0.25, 0.3) is 0 Å². The molecular formula is C28H46O8. The first-order valence-electron chi connectivity index (χ1n) is 13.0. The van der Waals surface area contributed by atoms with E-state index in [0.29, 0.717) is 12.8 Å². The van der Waals surface area contributed by atoms with E-state index in [9.17, 15) is 30.3 Å². The fourth-order valence-corrected chi connectivity index (χ4v) is 4.65. The van der Waals surface area contributed by atoms with Crippen molar-refractivity contribution in [2.24, 2.45) is 11.8 Å². The van der Waals surface area contributed by atoms with Crippen molar-refractivity contribution in [2.75, 3.05) is 0 Å². The maximum atomic E-state index is 12.5. The number of cyclic esters (lactones) is 1. The summed E-state index contributed by atoms with van der Waals surface area (Å²) in [5, 5.41) is 52.0. The van der Waals surface area contributed by atoms with Gasteiger partial charge in [0.2, 0.25) is 0 Å². The van der Waals surface area contributed by atoms with Crippen molar-refractivity contribution in [3.8, 4) is 0 Å². The molecule has 2 aliphatic heterocycles. The summed E-state index contributed by atoms with van der Waals surface area (Å²) < 4.78 is 11.4. The molecule has 0 aromatic heterocycles. The molecule has 5 N–H and O–H groups in total. The number of carbonyl (C=O) groups is 1. The van der Waals surface area contributed by atoms with Crippen molar-refractivity contribution in [1.82, 2.24) is 0 Å². The molecule has 0 bridgehead atoms. The van der Waals surface area contributed by atoms with Gasteiger partial charge in [-0.1, -0.05) is 51.2 Å². The Balaban J connectivity index is 2.10. The third-order valence-corrected chi connectivity index (χ3v) is 7.40. The van der Waals surface area contributed by atoms with Crippen molar-refractivity contribution in [3.63, 3.8) is 0 Å². The molecule has 2 rings (SSSR count). The number of carbonyl (C=O) groups excluding carboxylic acids is 1. The number of aliphatic hydroxyl groups excluding tert-OH is 3. The standard InChI is InChI=1S/C28H46O8/c1-7-21(30)19(4)26-22(35-26)16-27(5,33)13-8-9-17(2)25-18(3)10-11-23(31)28(6,34)14-12-20(29)15-24(32)36-25/h8-11,13,18-23,25-26,29-31,33-34H,7,12,14-16H2,1-6H3/b11-10+,13-8+,17-9+/t18-,19+,20+,21-,22+,23-,25-,26+,27+,28-/m0/s1. The zero-order valence-corrected chi connectivity index (χ0v) is 22.5. The minimum absolute atomic E-state index is 0.00739. The van der Waals surface area contributed by atoms with Crippen LogP contribution in [0.4, 0.5) is 0 Å². The van der Waals surface area contributed by atoms with Gasteiger partial charge in [-0.25, -0.2) is 0 Å². The number of rotatable bonds is 8. The normalized spacial score (nSPS) is 38.9. The lowest BCUT2D eigenvalue weighted by Crippen LogP contribution is -2.39. The SMILES string of the molecule is CC[C@H](O)[C@@H](C)[C@H]1O[C@@H]1C[C@](C)(O)/C=C/C=C(\C)[C@@H]1OC(=O)C[C@H](O)CC[C@](C)(O)[C@@H](O)/C=C/[C@@H]1C. The first-order valence-corrected chi connectivity index (χ1v) is 13.0. The molecule has 8 heteroatoms. The van der Waals surface area contributed by atoms with E-state index in [1.807, 2.05) is 27.7 Å². The average molecular weight is 511 g/mol. The van der Waals surface area contributed by atoms with Crippen LogP contribution in [0.5, 0.6) is 0 Å². The van der Waals surface area contributed by atoms with E-state index in [1.165, 1.54) is 13.0 Å². The van der Waals surface area contributed by atoms with E-state index < -0.39 is 41.6 Å². The smallest absolute Gasteiger partial charge is 0.309 e. The molecule has 0 radical (unpaired) electrons. The van der Waals surface area contributed by atoms with Gasteiger partial charge < -0.3 is 35.0 Å². The Morgan fingerprint density at radius 2 is 2.00 bits per heavy atom. The van der Waals surface area contributed by atoms with Crippen LogP contribution in [0.3, 0.4) is 0 Å². The van der Waals surface area contributed by atoms with Crippen LogP contribution in [-0.4, -0.2) is 79.3 Å². The molecule has 2 heterocycles. The van der Waals surface area contributed by atoms with Gasteiger partial charge in [0.25, 0.3) is 0 Å². The Labute approximate surface area is 215 Å². The molecule has 8 nitrogen and oxygen atoms in total. The summed E-state index contributed by atoms with van der Waals surface area (Å²) in [5.74, 6) is -0.848. The molecule has 2 aliphatic rings. The van der Waals surface area contributed by atoms with E-state index >= 15 is 0 Å². The lowest BCUT2D eigenvalue weighted by molar-refractivity contribution is -0.151. The van der Waals surface area contributed by atoms with E-state index in [-0.39, 0.29) is 43.3 Å². The number of allylic oxidation sites excluding steroid dienone is 2. The van der Waals surface area contributed by atoms with Crippen molar-refractivity contribution >= 4 is 5.97 Å². The number of epoxide rings is 1. The second kappa shape index (κ2) is 12.8. The Bertz CT molecular complexity index is 814. The van der Waals surface area contributed by atoms with Gasteiger partial charge in [0.15, 0.2) is 0 Å². The molecular weight excluding hydrogens is 464 g/mol. The second-order valence-corrected chi connectivity index (χ2v) is 11.2. The maximum absolute atomic E-state index is 12.5. The van der Waals surface area contributed by atoms with E-state index in [1.54, 1.807) is 31.2 Å². The molecule has 1 fully saturated rings. The molecule has 10 atom stereocenters. The van der Waals surface area contributed by atoms with Crippen LogP contribution in [0.1, 0.15) is 73.6 Å². The Morgan fingerprint density at radius 3 is 2.64 bits per heavy atom. The summed E-state index contributed by atoms with van der Waals surface area (Å²) in [6.45, 7) is 10.7. The molecule has 0 unspecified atom stereocenters. The van der Waals surface area contributed by atoms with Crippen molar-refractivity contribution in [3.05, 3.63) is 36.0 Å². The zero-order valence-electron chi connectivity index (χ0n) is 22.5. The summed E-state index contributed by atoms with van der Waals surface area (Å²) in [6, 6.07) is 0. The highest BCUT2D eigenvalue weighted by Crippen LogP contribution is 2.37. The van der Waals surface area contributed by atoms with Crippen molar-refractivity contribution in [1.29, 1.82) is 0 Å². The second-order valence-electron chi connectivity index (χ2n) is 11.2. The molecule has 0 aromatic rings. The van der Waals surface area contributed by atoms with Crippen LogP contribution in [0, 0.1) is 11.8 Å². The molecule has 1 saturated heterocycles. The monoisotopic (exact) mass is 510 g/mol. The molecule has 0 aromatic carbocycles. The van der Waals surface area contributed by atoms with Gasteiger partial charge in [0, 0.05) is 18.3 Å².